The van der Waals surface area contributed by atoms with Crippen molar-refractivity contribution in [3.05, 3.63) is 70.3 Å². The fraction of sp³-hybridized carbons (Fsp3) is 0.250. The largest absolute Gasteiger partial charge is 0.337 e. The van der Waals surface area contributed by atoms with Gasteiger partial charge in [0.05, 0.1) is 28.2 Å². The number of hydrogen-bond acceptors (Lipinski definition) is 5. The van der Waals surface area contributed by atoms with E-state index < -0.39 is 16.1 Å². The fourth-order valence-corrected chi connectivity index (χ4v) is 3.67. The topological polar surface area (TPSA) is 115 Å². The number of sulfonamides is 1. The Morgan fingerprint density at radius 3 is 2.62 bits per heavy atom. The number of rotatable bonds is 5. The molecule has 29 heavy (non-hydrogen) atoms. The third-order valence-electron chi connectivity index (χ3n) is 5.00. The molecule has 1 aromatic heterocycles. The molecule has 152 valence electrons. The number of hydrogen-bond donors (Lipinski definition) is 1. The van der Waals surface area contributed by atoms with Crippen molar-refractivity contribution in [3.8, 4) is 0 Å². The van der Waals surface area contributed by atoms with E-state index in [4.69, 9.17) is 5.14 Å². The number of carbonyl (C=O) groups excluding carboxylic acids is 1. The van der Waals surface area contributed by atoms with Crippen LogP contribution in [-0.4, -0.2) is 35.8 Å². The summed E-state index contributed by atoms with van der Waals surface area (Å²) in [6.45, 7) is 3.46. The van der Waals surface area contributed by atoms with Gasteiger partial charge in [0.25, 0.3) is 5.56 Å². The van der Waals surface area contributed by atoms with E-state index in [1.54, 1.807) is 38.2 Å². The Kier molecular flexibility index (Phi) is 5.54. The zero-order chi connectivity index (χ0) is 21.3. The lowest BCUT2D eigenvalue weighted by Crippen LogP contribution is -2.35. The van der Waals surface area contributed by atoms with Crippen molar-refractivity contribution in [2.75, 3.05) is 7.05 Å². The summed E-state index contributed by atoms with van der Waals surface area (Å²) in [6.07, 6.45) is 1.37. The Hall–Kier alpha value is -3.04. The number of likely N-dealkylation sites (N-methyl/N-ethyl adjacent to an activating group) is 1. The molecule has 1 amide bonds. The first-order valence-corrected chi connectivity index (χ1v) is 10.5. The number of nitrogens with two attached hydrogens (primary N) is 1. The summed E-state index contributed by atoms with van der Waals surface area (Å²) in [5, 5.41) is 5.64. The Morgan fingerprint density at radius 2 is 1.93 bits per heavy atom. The number of nitrogens with zero attached hydrogens (tertiary/aromatic N) is 3. The average molecular weight is 414 g/mol. The minimum atomic E-state index is -3.84. The zero-order valence-electron chi connectivity index (χ0n) is 16.4. The maximum atomic E-state index is 12.8. The first-order valence-electron chi connectivity index (χ1n) is 8.93. The molecule has 0 bridgehead atoms. The molecule has 0 aliphatic heterocycles. The summed E-state index contributed by atoms with van der Waals surface area (Å²) in [7, 11) is -2.24. The van der Waals surface area contributed by atoms with Crippen LogP contribution < -0.4 is 10.7 Å². The van der Waals surface area contributed by atoms with Crippen molar-refractivity contribution in [1.82, 2.24) is 14.5 Å². The molecule has 1 heterocycles. The molecule has 2 N–H and O–H groups in total. The van der Waals surface area contributed by atoms with E-state index in [-0.39, 0.29) is 22.9 Å². The predicted molar refractivity (Wildman–Crippen MR) is 110 cm³/mol. The third-order valence-corrected chi connectivity index (χ3v) is 5.92. The van der Waals surface area contributed by atoms with Gasteiger partial charge in [-0.25, -0.2) is 18.5 Å². The average Bonchev–Trinajstić information content (AvgIpc) is 2.69. The molecule has 8 nitrogen and oxygen atoms in total. The number of aryl methyl sites for hydroxylation is 1. The number of amides is 1. The molecule has 0 aliphatic carbocycles. The fourth-order valence-electron chi connectivity index (χ4n) is 3.10. The summed E-state index contributed by atoms with van der Waals surface area (Å²) >= 11 is 0. The maximum absolute atomic E-state index is 12.8. The van der Waals surface area contributed by atoms with Gasteiger partial charge in [0, 0.05) is 7.05 Å². The van der Waals surface area contributed by atoms with Crippen LogP contribution in [0, 0.1) is 6.92 Å². The van der Waals surface area contributed by atoms with E-state index in [9.17, 15) is 18.0 Å². The van der Waals surface area contributed by atoms with Crippen molar-refractivity contribution in [2.24, 2.45) is 5.14 Å². The quantitative estimate of drug-likeness (QED) is 0.680. The molecule has 0 radical (unpaired) electrons. The highest BCUT2D eigenvalue weighted by atomic mass is 32.2. The zero-order valence-corrected chi connectivity index (χ0v) is 17.2. The highest BCUT2D eigenvalue weighted by molar-refractivity contribution is 7.89. The summed E-state index contributed by atoms with van der Waals surface area (Å²) < 4.78 is 24.4. The molecule has 2 aromatic carbocycles. The molecule has 0 aliphatic rings. The van der Waals surface area contributed by atoms with Gasteiger partial charge in [-0.05, 0) is 43.2 Å². The van der Waals surface area contributed by atoms with Crippen LogP contribution in [0.15, 0.2) is 58.5 Å². The number of para-hydroxylation sites is 1. The SMILES string of the molecule is Cc1cccc2c(=O)n(CC(=O)N(C)C(C)c3cccc(S(N)(=O)=O)c3)cnc12. The van der Waals surface area contributed by atoms with Crippen LogP contribution in [0.2, 0.25) is 0 Å². The molecule has 3 rings (SSSR count). The van der Waals surface area contributed by atoms with Crippen LogP contribution in [0.5, 0.6) is 0 Å². The Balaban J connectivity index is 1.85. The standard InChI is InChI=1S/C20H22N4O4S/c1-13-6-4-9-17-19(13)22-12-24(20(17)26)11-18(25)23(3)14(2)15-7-5-8-16(10-15)29(21,27)28/h4-10,12,14H,11H2,1-3H3,(H2,21,27,28). The second-order valence-electron chi connectivity index (χ2n) is 6.95. The van der Waals surface area contributed by atoms with Gasteiger partial charge in [0.2, 0.25) is 15.9 Å². The van der Waals surface area contributed by atoms with Gasteiger partial charge in [-0.15, -0.1) is 0 Å². The Bertz CT molecular complexity index is 1250. The minimum absolute atomic E-state index is 0.0204. The Labute approximate surface area is 168 Å². The third kappa shape index (κ3) is 4.20. The monoisotopic (exact) mass is 414 g/mol. The van der Waals surface area contributed by atoms with Gasteiger partial charge in [-0.2, -0.15) is 0 Å². The van der Waals surface area contributed by atoms with Gasteiger partial charge >= 0.3 is 0 Å². The highest BCUT2D eigenvalue weighted by Gasteiger charge is 2.20. The van der Waals surface area contributed by atoms with Gasteiger partial charge in [-0.1, -0.05) is 24.3 Å². The molecule has 1 unspecified atom stereocenters. The van der Waals surface area contributed by atoms with Crippen LogP contribution in [0.1, 0.15) is 24.1 Å². The summed E-state index contributed by atoms with van der Waals surface area (Å²) in [6, 6.07) is 11.0. The molecule has 0 spiro atoms. The highest BCUT2D eigenvalue weighted by Crippen LogP contribution is 2.21. The number of fused-ring (bicyclic) bond motifs is 1. The van der Waals surface area contributed by atoms with Crippen molar-refractivity contribution in [2.45, 2.75) is 31.3 Å². The molecular weight excluding hydrogens is 392 g/mol. The van der Waals surface area contributed by atoms with Crippen molar-refractivity contribution in [3.63, 3.8) is 0 Å². The van der Waals surface area contributed by atoms with Crippen LogP contribution >= 0.6 is 0 Å². The van der Waals surface area contributed by atoms with Gasteiger partial charge < -0.3 is 4.90 Å². The second kappa shape index (κ2) is 7.76. The van der Waals surface area contributed by atoms with Gasteiger partial charge in [-0.3, -0.25) is 14.2 Å². The summed E-state index contributed by atoms with van der Waals surface area (Å²) in [5.74, 6) is -0.311. The predicted octanol–water partition coefficient (Wildman–Crippen LogP) is 1.57. The van der Waals surface area contributed by atoms with Crippen molar-refractivity contribution in [1.29, 1.82) is 0 Å². The molecule has 0 saturated carbocycles. The first-order chi connectivity index (χ1) is 13.6. The van der Waals surface area contributed by atoms with Crippen LogP contribution in [0.4, 0.5) is 0 Å². The normalized spacial score (nSPS) is 12.7. The number of aromatic nitrogens is 2. The number of benzene rings is 2. The van der Waals surface area contributed by atoms with E-state index in [1.165, 1.54) is 27.9 Å². The molecule has 9 heteroatoms. The minimum Gasteiger partial charge on any atom is -0.337 e. The summed E-state index contributed by atoms with van der Waals surface area (Å²) in [4.78, 5) is 31.2. The molecule has 1 atom stereocenters. The van der Waals surface area contributed by atoms with Crippen LogP contribution in [0.3, 0.4) is 0 Å². The summed E-state index contributed by atoms with van der Waals surface area (Å²) in [5.41, 5.74) is 1.83. The first kappa shape index (κ1) is 20.7. The Morgan fingerprint density at radius 1 is 1.24 bits per heavy atom. The van der Waals surface area contributed by atoms with E-state index in [0.717, 1.165) is 5.56 Å². The van der Waals surface area contributed by atoms with Gasteiger partial charge in [0.1, 0.15) is 6.54 Å². The number of carbonyl (C=O) groups is 1. The van der Waals surface area contributed by atoms with E-state index >= 15 is 0 Å². The molecular formula is C20H22N4O4S. The number of primary sulfonamides is 1. The molecule has 0 saturated heterocycles. The molecule has 0 fully saturated rings. The lowest BCUT2D eigenvalue weighted by Gasteiger charge is -2.26. The van der Waals surface area contributed by atoms with Crippen LogP contribution in [0.25, 0.3) is 10.9 Å². The van der Waals surface area contributed by atoms with Crippen LogP contribution in [-0.2, 0) is 21.4 Å². The van der Waals surface area contributed by atoms with E-state index in [1.807, 2.05) is 13.0 Å². The maximum Gasteiger partial charge on any atom is 0.261 e. The van der Waals surface area contributed by atoms with Gasteiger partial charge in [0.15, 0.2) is 0 Å². The second-order valence-corrected chi connectivity index (χ2v) is 8.51. The lowest BCUT2D eigenvalue weighted by molar-refractivity contribution is -0.132. The van der Waals surface area contributed by atoms with E-state index in [0.29, 0.717) is 16.5 Å². The molecule has 3 aromatic rings. The lowest BCUT2D eigenvalue weighted by atomic mass is 10.1. The smallest absolute Gasteiger partial charge is 0.261 e. The van der Waals surface area contributed by atoms with Crippen molar-refractivity contribution < 1.29 is 13.2 Å². The van der Waals surface area contributed by atoms with Crippen molar-refractivity contribution >= 4 is 26.8 Å². The van der Waals surface area contributed by atoms with E-state index in [2.05, 4.69) is 4.98 Å².